The van der Waals surface area contributed by atoms with Crippen molar-refractivity contribution in [2.75, 3.05) is 29.9 Å². The zero-order valence-electron chi connectivity index (χ0n) is 16.0. The van der Waals surface area contributed by atoms with Gasteiger partial charge in [-0.2, -0.15) is 5.26 Å². The van der Waals surface area contributed by atoms with Crippen molar-refractivity contribution in [2.45, 2.75) is 19.8 Å². The highest BCUT2D eigenvalue weighted by Crippen LogP contribution is 2.20. The molecule has 0 aromatic heterocycles. The molecule has 28 heavy (non-hydrogen) atoms. The summed E-state index contributed by atoms with van der Waals surface area (Å²) in [5.74, 6) is -0.183. The summed E-state index contributed by atoms with van der Waals surface area (Å²) in [7, 11) is 0. The lowest BCUT2D eigenvalue weighted by molar-refractivity contribution is 0.0988. The van der Waals surface area contributed by atoms with Crippen LogP contribution in [0.3, 0.4) is 0 Å². The minimum atomic E-state index is -0.210. The van der Waals surface area contributed by atoms with Gasteiger partial charge in [0.2, 0.25) is 0 Å². The Balaban J connectivity index is 1.65. The number of amides is 3. The van der Waals surface area contributed by atoms with Crippen LogP contribution in [0.15, 0.2) is 54.6 Å². The fourth-order valence-corrected chi connectivity index (χ4v) is 3.37. The molecule has 3 rings (SSSR count). The standard InChI is InChI=1S/C22H24N4O2/c1-2-26(20-8-4-3-5-9-20)21(27)18-10-12-19(13-11-18)24-22(28)25-14-6-7-17(15-23)16-25/h3-5,8-13,17H,2,6-7,14,16H2,1H3,(H,24,28)/t17-/m0/s1. The number of hydrogen-bond donors (Lipinski definition) is 1. The summed E-state index contributed by atoms with van der Waals surface area (Å²) < 4.78 is 0. The van der Waals surface area contributed by atoms with Crippen molar-refractivity contribution < 1.29 is 9.59 Å². The highest BCUT2D eigenvalue weighted by Gasteiger charge is 2.23. The topological polar surface area (TPSA) is 76.4 Å². The van der Waals surface area contributed by atoms with E-state index in [9.17, 15) is 9.59 Å². The number of nitrogens with zero attached hydrogens (tertiary/aromatic N) is 3. The van der Waals surface area contributed by atoms with Crippen molar-refractivity contribution in [2.24, 2.45) is 5.92 Å². The van der Waals surface area contributed by atoms with Gasteiger partial charge in [-0.3, -0.25) is 4.79 Å². The zero-order chi connectivity index (χ0) is 19.9. The number of likely N-dealkylation sites (tertiary alicyclic amines) is 1. The number of nitriles is 1. The third-order valence-corrected chi connectivity index (χ3v) is 4.90. The minimum absolute atomic E-state index is 0.0838. The van der Waals surface area contributed by atoms with Gasteiger partial charge in [-0.1, -0.05) is 18.2 Å². The SMILES string of the molecule is CCN(C(=O)c1ccc(NC(=O)N2CCC[C@@H](C#N)C2)cc1)c1ccccc1. The van der Waals surface area contributed by atoms with E-state index in [1.54, 1.807) is 34.1 Å². The number of carbonyl (C=O) groups is 2. The second-order valence-corrected chi connectivity index (χ2v) is 6.81. The van der Waals surface area contributed by atoms with E-state index in [2.05, 4.69) is 11.4 Å². The van der Waals surface area contributed by atoms with E-state index in [-0.39, 0.29) is 17.9 Å². The Kier molecular flexibility index (Phi) is 6.28. The molecule has 1 N–H and O–H groups in total. The zero-order valence-corrected chi connectivity index (χ0v) is 16.0. The van der Waals surface area contributed by atoms with Gasteiger partial charge in [0.25, 0.3) is 5.91 Å². The van der Waals surface area contributed by atoms with E-state index >= 15 is 0 Å². The quantitative estimate of drug-likeness (QED) is 0.872. The number of rotatable bonds is 4. The van der Waals surface area contributed by atoms with Crippen LogP contribution in [-0.4, -0.2) is 36.5 Å². The molecule has 144 valence electrons. The largest absolute Gasteiger partial charge is 0.323 e. The van der Waals surface area contributed by atoms with E-state index in [0.29, 0.717) is 30.9 Å². The van der Waals surface area contributed by atoms with Crippen LogP contribution >= 0.6 is 0 Å². The van der Waals surface area contributed by atoms with Crippen molar-refractivity contribution in [3.63, 3.8) is 0 Å². The molecular formula is C22H24N4O2. The lowest BCUT2D eigenvalue weighted by Crippen LogP contribution is -2.42. The number of para-hydroxylation sites is 1. The molecule has 1 fully saturated rings. The van der Waals surface area contributed by atoms with Crippen molar-refractivity contribution in [3.8, 4) is 6.07 Å². The molecule has 6 nitrogen and oxygen atoms in total. The molecule has 1 aliphatic heterocycles. The minimum Gasteiger partial charge on any atom is -0.323 e. The van der Waals surface area contributed by atoms with Gasteiger partial charge in [-0.05, 0) is 56.2 Å². The van der Waals surface area contributed by atoms with Crippen LogP contribution in [-0.2, 0) is 0 Å². The van der Waals surface area contributed by atoms with Crippen LogP contribution in [0, 0.1) is 17.2 Å². The Morgan fingerprint density at radius 3 is 2.54 bits per heavy atom. The number of anilines is 2. The summed E-state index contributed by atoms with van der Waals surface area (Å²) in [5, 5.41) is 11.9. The van der Waals surface area contributed by atoms with Crippen LogP contribution in [0.25, 0.3) is 0 Å². The van der Waals surface area contributed by atoms with Crippen molar-refractivity contribution in [1.82, 2.24) is 4.90 Å². The molecule has 1 aliphatic rings. The molecule has 0 spiro atoms. The Bertz CT molecular complexity index is 858. The van der Waals surface area contributed by atoms with Crippen LogP contribution in [0.2, 0.25) is 0 Å². The molecule has 1 heterocycles. The first-order valence-corrected chi connectivity index (χ1v) is 9.55. The molecule has 2 aromatic rings. The molecule has 0 unspecified atom stereocenters. The second kappa shape index (κ2) is 9.05. The fourth-order valence-electron chi connectivity index (χ4n) is 3.37. The summed E-state index contributed by atoms with van der Waals surface area (Å²) in [6.45, 7) is 3.62. The molecule has 2 aromatic carbocycles. The normalized spacial score (nSPS) is 16.1. The maximum absolute atomic E-state index is 12.8. The maximum Gasteiger partial charge on any atom is 0.321 e. The third-order valence-electron chi connectivity index (χ3n) is 4.90. The summed E-state index contributed by atoms with van der Waals surface area (Å²) in [6.07, 6.45) is 1.68. The molecule has 6 heteroatoms. The number of nitrogens with one attached hydrogen (secondary N) is 1. The Morgan fingerprint density at radius 2 is 1.89 bits per heavy atom. The van der Waals surface area contributed by atoms with Gasteiger partial charge in [0.1, 0.15) is 0 Å². The number of urea groups is 1. The molecule has 0 aliphatic carbocycles. The molecule has 1 atom stereocenters. The molecule has 0 bridgehead atoms. The lowest BCUT2D eigenvalue weighted by atomic mass is 10.0. The molecular weight excluding hydrogens is 352 g/mol. The monoisotopic (exact) mass is 376 g/mol. The van der Waals surface area contributed by atoms with Crippen molar-refractivity contribution in [3.05, 3.63) is 60.2 Å². The first-order valence-electron chi connectivity index (χ1n) is 9.55. The van der Waals surface area contributed by atoms with E-state index in [0.717, 1.165) is 18.5 Å². The average Bonchev–Trinajstić information content (AvgIpc) is 2.75. The molecule has 0 saturated carbocycles. The Morgan fingerprint density at radius 1 is 1.18 bits per heavy atom. The number of benzene rings is 2. The third kappa shape index (κ3) is 4.49. The van der Waals surface area contributed by atoms with E-state index in [1.165, 1.54) is 0 Å². The maximum atomic E-state index is 12.8. The van der Waals surface area contributed by atoms with Crippen molar-refractivity contribution >= 4 is 23.3 Å². The summed E-state index contributed by atoms with van der Waals surface area (Å²) in [5.41, 5.74) is 2.04. The average molecular weight is 376 g/mol. The highest BCUT2D eigenvalue weighted by atomic mass is 16.2. The van der Waals surface area contributed by atoms with E-state index in [1.807, 2.05) is 37.3 Å². The van der Waals surface area contributed by atoms with Gasteiger partial charge in [0.15, 0.2) is 0 Å². The van der Waals surface area contributed by atoms with Gasteiger partial charge >= 0.3 is 6.03 Å². The van der Waals surface area contributed by atoms with Crippen molar-refractivity contribution in [1.29, 1.82) is 5.26 Å². The van der Waals surface area contributed by atoms with Crippen LogP contribution < -0.4 is 10.2 Å². The summed E-state index contributed by atoms with van der Waals surface area (Å²) in [4.78, 5) is 28.6. The predicted molar refractivity (Wildman–Crippen MR) is 109 cm³/mol. The lowest BCUT2D eigenvalue weighted by Gasteiger charge is -2.29. The number of piperidine rings is 1. The molecule has 3 amide bonds. The van der Waals surface area contributed by atoms with Gasteiger partial charge in [0, 0.05) is 36.6 Å². The number of hydrogen-bond acceptors (Lipinski definition) is 3. The summed E-state index contributed by atoms with van der Waals surface area (Å²) >= 11 is 0. The van der Waals surface area contributed by atoms with Crippen LogP contribution in [0.4, 0.5) is 16.2 Å². The van der Waals surface area contributed by atoms with Crippen LogP contribution in [0.1, 0.15) is 30.1 Å². The fraction of sp³-hybridized carbons (Fsp3) is 0.318. The molecule has 0 radical (unpaired) electrons. The Labute approximate surface area is 165 Å². The van der Waals surface area contributed by atoms with Gasteiger partial charge in [-0.25, -0.2) is 4.79 Å². The second-order valence-electron chi connectivity index (χ2n) is 6.81. The first kappa shape index (κ1) is 19.4. The molecule has 1 saturated heterocycles. The van der Waals surface area contributed by atoms with Gasteiger partial charge in [0.05, 0.1) is 12.0 Å². The Hall–Kier alpha value is -3.33. The predicted octanol–water partition coefficient (Wildman–Crippen LogP) is 4.12. The van der Waals surface area contributed by atoms with Crippen LogP contribution in [0.5, 0.6) is 0 Å². The van der Waals surface area contributed by atoms with Gasteiger partial charge in [-0.15, -0.1) is 0 Å². The highest BCUT2D eigenvalue weighted by molar-refractivity contribution is 6.06. The first-order chi connectivity index (χ1) is 13.6. The number of carbonyl (C=O) groups excluding carboxylic acids is 2. The van der Waals surface area contributed by atoms with E-state index in [4.69, 9.17) is 5.26 Å². The van der Waals surface area contributed by atoms with E-state index < -0.39 is 0 Å². The van der Waals surface area contributed by atoms with Gasteiger partial charge < -0.3 is 15.1 Å². The summed E-state index contributed by atoms with van der Waals surface area (Å²) in [6, 6.07) is 18.5. The smallest absolute Gasteiger partial charge is 0.321 e.